The van der Waals surface area contributed by atoms with Crippen molar-refractivity contribution in [1.29, 1.82) is 0 Å². The Kier molecular flexibility index (Phi) is 6.09. The summed E-state index contributed by atoms with van der Waals surface area (Å²) in [6.45, 7) is 3.97. The minimum atomic E-state index is -0.435. The Labute approximate surface area is 164 Å². The molecule has 0 aliphatic carbocycles. The fourth-order valence-electron chi connectivity index (χ4n) is 4.51. The van der Waals surface area contributed by atoms with Gasteiger partial charge in [-0.05, 0) is 36.8 Å². The summed E-state index contributed by atoms with van der Waals surface area (Å²) in [5, 5.41) is 23.0. The first-order chi connectivity index (χ1) is 12.6. The molecular formula is C20H26ClN3O3. The van der Waals surface area contributed by atoms with E-state index >= 15 is 0 Å². The molecule has 0 saturated carbocycles. The van der Waals surface area contributed by atoms with Crippen molar-refractivity contribution in [1.82, 2.24) is 4.57 Å². The van der Waals surface area contributed by atoms with E-state index in [1.807, 2.05) is 10.6 Å². The number of aliphatic hydroxyl groups excluding tert-OH is 1. The first kappa shape index (κ1) is 19.7. The third-order valence-electron chi connectivity index (χ3n) is 5.61. The van der Waals surface area contributed by atoms with Gasteiger partial charge in [0, 0.05) is 42.4 Å². The number of quaternary nitrogens is 1. The number of nitrogens with zero attached hydrogens (tertiary/aromatic N) is 1. The van der Waals surface area contributed by atoms with E-state index in [9.17, 15) is 15.0 Å². The molecule has 1 aromatic carbocycles. The number of anilines is 1. The molecule has 0 amide bonds. The Bertz CT molecular complexity index is 824. The van der Waals surface area contributed by atoms with E-state index in [0.717, 1.165) is 37.4 Å². The summed E-state index contributed by atoms with van der Waals surface area (Å²) in [5.74, 6) is 1.15. The van der Waals surface area contributed by atoms with E-state index in [1.165, 1.54) is 4.90 Å². The average molecular weight is 392 g/mol. The second kappa shape index (κ2) is 8.33. The van der Waals surface area contributed by atoms with Gasteiger partial charge in [-0.2, -0.15) is 0 Å². The number of aromatic hydroxyl groups is 1. The van der Waals surface area contributed by atoms with E-state index in [0.29, 0.717) is 24.9 Å². The Hall–Kier alpha value is -2.02. The van der Waals surface area contributed by atoms with Crippen LogP contribution >= 0.6 is 0 Å². The van der Waals surface area contributed by atoms with Gasteiger partial charge in [-0.15, -0.1) is 0 Å². The summed E-state index contributed by atoms with van der Waals surface area (Å²) in [5.41, 5.74) is 2.15. The number of hydrogen-bond donors (Lipinski definition) is 4. The van der Waals surface area contributed by atoms with Crippen LogP contribution in [0.1, 0.15) is 18.0 Å². The molecule has 4 N–H and O–H groups in total. The van der Waals surface area contributed by atoms with E-state index in [-0.39, 0.29) is 23.7 Å². The zero-order valence-corrected chi connectivity index (χ0v) is 15.9. The van der Waals surface area contributed by atoms with Crippen molar-refractivity contribution in [2.24, 2.45) is 5.92 Å². The van der Waals surface area contributed by atoms with Crippen LogP contribution in [0.5, 0.6) is 5.75 Å². The highest BCUT2D eigenvalue weighted by Crippen LogP contribution is 2.29. The topological polar surface area (TPSA) is 78.9 Å². The predicted molar refractivity (Wildman–Crippen MR) is 99.7 cm³/mol. The Morgan fingerprint density at radius 3 is 2.74 bits per heavy atom. The summed E-state index contributed by atoms with van der Waals surface area (Å²) >= 11 is 0. The maximum Gasteiger partial charge on any atom is 0.250 e. The van der Waals surface area contributed by atoms with Crippen molar-refractivity contribution in [3.63, 3.8) is 0 Å². The van der Waals surface area contributed by atoms with Crippen molar-refractivity contribution < 1.29 is 27.5 Å². The van der Waals surface area contributed by atoms with Crippen LogP contribution in [0.2, 0.25) is 0 Å². The first-order valence-electron chi connectivity index (χ1n) is 9.33. The maximum atomic E-state index is 12.1. The fraction of sp³-hybridized carbons (Fsp3) is 0.450. The predicted octanol–water partition coefficient (Wildman–Crippen LogP) is -2.97. The molecule has 1 saturated heterocycles. The van der Waals surface area contributed by atoms with Crippen LogP contribution in [0.4, 0.5) is 5.69 Å². The quantitative estimate of drug-likeness (QED) is 0.411. The lowest BCUT2D eigenvalue weighted by atomic mass is 9.83. The number of halogens is 1. The minimum absolute atomic E-state index is 0. The van der Waals surface area contributed by atoms with Gasteiger partial charge in [0.05, 0.1) is 13.1 Å². The Morgan fingerprint density at radius 1 is 1.19 bits per heavy atom. The van der Waals surface area contributed by atoms with Gasteiger partial charge >= 0.3 is 0 Å². The van der Waals surface area contributed by atoms with Crippen molar-refractivity contribution in [3.05, 3.63) is 58.5 Å². The minimum Gasteiger partial charge on any atom is -1.00 e. The van der Waals surface area contributed by atoms with Crippen molar-refractivity contribution in [2.75, 3.05) is 31.5 Å². The van der Waals surface area contributed by atoms with E-state index in [1.54, 1.807) is 30.3 Å². The summed E-state index contributed by atoms with van der Waals surface area (Å²) in [6, 6.07) is 12.4. The van der Waals surface area contributed by atoms with Gasteiger partial charge in [-0.1, -0.05) is 6.07 Å². The summed E-state index contributed by atoms with van der Waals surface area (Å²) < 4.78 is 1.94. The molecule has 0 spiro atoms. The number of hydrogen-bond acceptors (Lipinski definition) is 4. The number of likely N-dealkylation sites (tertiary alicyclic amines) is 1. The number of benzene rings is 1. The van der Waals surface area contributed by atoms with Gasteiger partial charge in [-0.3, -0.25) is 4.79 Å². The van der Waals surface area contributed by atoms with Gasteiger partial charge in [0.15, 0.2) is 0 Å². The zero-order chi connectivity index (χ0) is 18.1. The number of phenolic OH excluding ortho intramolecular Hbond substituents is 1. The van der Waals surface area contributed by atoms with Gasteiger partial charge < -0.3 is 37.4 Å². The van der Waals surface area contributed by atoms with Crippen LogP contribution < -0.4 is 28.2 Å². The molecule has 4 rings (SSSR count). The largest absolute Gasteiger partial charge is 1.00 e. The maximum absolute atomic E-state index is 12.1. The van der Waals surface area contributed by atoms with Crippen LogP contribution in [0.25, 0.3) is 0 Å². The normalized spacial score (nSPS) is 24.4. The van der Waals surface area contributed by atoms with Gasteiger partial charge in [-0.25, -0.2) is 0 Å². The molecule has 7 heteroatoms. The second-order valence-electron chi connectivity index (χ2n) is 7.64. The SMILES string of the molecule is O=c1cccc2n1CC1CC2C[NH+](CC(O)CNc2ccc(O)cc2)C1.[Cl-]. The van der Waals surface area contributed by atoms with Crippen LogP contribution in [-0.2, 0) is 6.54 Å². The molecule has 27 heavy (non-hydrogen) atoms. The van der Waals surface area contributed by atoms with Gasteiger partial charge in [0.1, 0.15) is 18.4 Å². The molecule has 1 fully saturated rings. The number of aromatic nitrogens is 1. The highest BCUT2D eigenvalue weighted by molar-refractivity contribution is 5.45. The average Bonchev–Trinajstić information content (AvgIpc) is 2.62. The number of piperidine rings is 1. The first-order valence-corrected chi connectivity index (χ1v) is 9.33. The summed E-state index contributed by atoms with van der Waals surface area (Å²) in [7, 11) is 0. The Morgan fingerprint density at radius 2 is 1.96 bits per heavy atom. The standard InChI is InChI=1S/C20H25N3O3.ClH/c24-17-6-4-16(5-7-17)21-9-18(25)13-22-10-14-8-15(12-22)19-2-1-3-20(26)23(19)11-14;/h1-7,14-15,18,21,24-25H,8-13H2;1H. The lowest BCUT2D eigenvalue weighted by Gasteiger charge is -2.40. The van der Waals surface area contributed by atoms with Gasteiger partial charge in [0.25, 0.3) is 5.56 Å². The third kappa shape index (κ3) is 4.46. The van der Waals surface area contributed by atoms with Crippen molar-refractivity contribution in [3.8, 4) is 5.75 Å². The number of aliphatic hydroxyl groups is 1. The smallest absolute Gasteiger partial charge is 0.250 e. The van der Waals surface area contributed by atoms with E-state index < -0.39 is 6.10 Å². The van der Waals surface area contributed by atoms with Gasteiger partial charge in [0.2, 0.25) is 0 Å². The molecule has 2 aromatic rings. The molecule has 4 atom stereocenters. The number of phenols is 1. The van der Waals surface area contributed by atoms with Crippen LogP contribution in [0.3, 0.4) is 0 Å². The highest BCUT2D eigenvalue weighted by Gasteiger charge is 2.37. The zero-order valence-electron chi connectivity index (χ0n) is 15.1. The monoisotopic (exact) mass is 391 g/mol. The van der Waals surface area contributed by atoms with Crippen LogP contribution in [0.15, 0.2) is 47.3 Å². The molecule has 3 heterocycles. The molecule has 6 nitrogen and oxygen atoms in total. The fourth-order valence-corrected chi connectivity index (χ4v) is 4.51. The van der Waals surface area contributed by atoms with Crippen LogP contribution in [-0.4, -0.2) is 47.1 Å². The Balaban J connectivity index is 0.00000210. The number of pyridine rings is 1. The van der Waals surface area contributed by atoms with Crippen LogP contribution in [0, 0.1) is 5.92 Å². The molecule has 1 aromatic heterocycles. The van der Waals surface area contributed by atoms with Crippen molar-refractivity contribution in [2.45, 2.75) is 25.0 Å². The molecule has 2 aliphatic rings. The van der Waals surface area contributed by atoms with E-state index in [2.05, 4.69) is 11.4 Å². The number of nitrogens with one attached hydrogen (secondary N) is 2. The number of fused-ring (bicyclic) bond motifs is 4. The van der Waals surface area contributed by atoms with Crippen molar-refractivity contribution >= 4 is 5.69 Å². The molecular weight excluding hydrogens is 366 g/mol. The lowest BCUT2D eigenvalue weighted by Crippen LogP contribution is -3.15. The van der Waals surface area contributed by atoms with E-state index in [4.69, 9.17) is 0 Å². The number of rotatable bonds is 5. The summed E-state index contributed by atoms with van der Waals surface area (Å²) in [4.78, 5) is 13.5. The highest BCUT2D eigenvalue weighted by atomic mass is 35.5. The second-order valence-corrected chi connectivity index (χ2v) is 7.64. The molecule has 2 bridgehead atoms. The molecule has 2 aliphatic heterocycles. The third-order valence-corrected chi connectivity index (χ3v) is 5.61. The molecule has 0 radical (unpaired) electrons. The lowest BCUT2D eigenvalue weighted by molar-refractivity contribution is -0.913. The summed E-state index contributed by atoms with van der Waals surface area (Å²) in [6.07, 6.45) is 0.713. The molecule has 4 unspecified atom stereocenters. The molecule has 146 valence electrons.